The molecule has 2 aliphatic rings. The van der Waals surface area contributed by atoms with Gasteiger partial charge in [-0.3, -0.25) is 9.69 Å². The summed E-state index contributed by atoms with van der Waals surface area (Å²) < 4.78 is 1.66. The summed E-state index contributed by atoms with van der Waals surface area (Å²) in [7, 11) is 1.82. The molecule has 0 saturated heterocycles. The Labute approximate surface area is 156 Å². The monoisotopic (exact) mass is 351 g/mol. The number of benzene rings is 1. The van der Waals surface area contributed by atoms with E-state index in [-0.39, 0.29) is 5.56 Å². The van der Waals surface area contributed by atoms with Crippen LogP contribution in [-0.4, -0.2) is 29.1 Å². The number of fused-ring (bicyclic) bond motifs is 1. The topological polar surface area (TPSA) is 28.5 Å². The SMILES string of the molecule is CCCN(c1ccc2c(c1)CN(CC1CC1)CC2)c1ccc(=O)n(C)c1. The first-order valence-corrected chi connectivity index (χ1v) is 9.92. The van der Waals surface area contributed by atoms with E-state index in [0.29, 0.717) is 0 Å². The Balaban J connectivity index is 1.61. The second-order valence-electron chi connectivity index (χ2n) is 7.87. The minimum absolute atomic E-state index is 0.0337. The maximum atomic E-state index is 11.7. The fourth-order valence-corrected chi connectivity index (χ4v) is 3.96. The average Bonchev–Trinajstić information content (AvgIpc) is 3.45. The van der Waals surface area contributed by atoms with E-state index in [4.69, 9.17) is 0 Å². The highest BCUT2D eigenvalue weighted by Gasteiger charge is 2.26. The summed E-state index contributed by atoms with van der Waals surface area (Å²) in [6.07, 6.45) is 7.00. The van der Waals surface area contributed by atoms with Gasteiger partial charge in [0, 0.05) is 51.2 Å². The molecule has 0 radical (unpaired) electrons. The summed E-state index contributed by atoms with van der Waals surface area (Å²) in [5.74, 6) is 0.946. The lowest BCUT2D eigenvalue weighted by Crippen LogP contribution is -2.32. The molecule has 4 rings (SSSR count). The molecule has 138 valence electrons. The second-order valence-corrected chi connectivity index (χ2v) is 7.87. The molecule has 1 saturated carbocycles. The van der Waals surface area contributed by atoms with E-state index in [2.05, 4.69) is 34.9 Å². The van der Waals surface area contributed by atoms with Gasteiger partial charge in [-0.15, -0.1) is 0 Å². The van der Waals surface area contributed by atoms with E-state index in [1.165, 1.54) is 42.7 Å². The average molecular weight is 351 g/mol. The van der Waals surface area contributed by atoms with Crippen molar-refractivity contribution >= 4 is 11.4 Å². The molecule has 1 aromatic heterocycles. The predicted molar refractivity (Wildman–Crippen MR) is 107 cm³/mol. The van der Waals surface area contributed by atoms with E-state index < -0.39 is 0 Å². The molecule has 4 heteroatoms. The zero-order valence-electron chi connectivity index (χ0n) is 15.9. The van der Waals surface area contributed by atoms with Crippen molar-refractivity contribution in [1.29, 1.82) is 0 Å². The standard InChI is InChI=1S/C22H29N3O/c1-3-11-25(21-8-9-22(26)23(2)16-21)20-7-6-18-10-12-24(14-17-4-5-17)15-19(18)13-20/h6-9,13,16-17H,3-5,10-12,14-15H2,1-2H3. The van der Waals surface area contributed by atoms with E-state index in [1.807, 2.05) is 19.3 Å². The van der Waals surface area contributed by atoms with Crippen molar-refractivity contribution in [2.75, 3.05) is 24.5 Å². The molecule has 2 aromatic rings. The van der Waals surface area contributed by atoms with Gasteiger partial charge in [-0.05, 0) is 60.9 Å². The zero-order valence-corrected chi connectivity index (χ0v) is 15.9. The highest BCUT2D eigenvalue weighted by atomic mass is 16.1. The molecule has 0 bridgehead atoms. The molecule has 1 fully saturated rings. The van der Waals surface area contributed by atoms with Gasteiger partial charge in [0.05, 0.1) is 5.69 Å². The van der Waals surface area contributed by atoms with Crippen LogP contribution in [0.4, 0.5) is 11.4 Å². The molecule has 0 spiro atoms. The summed E-state index contributed by atoms with van der Waals surface area (Å²) in [5, 5.41) is 0. The summed E-state index contributed by atoms with van der Waals surface area (Å²) >= 11 is 0. The summed E-state index contributed by atoms with van der Waals surface area (Å²) in [4.78, 5) is 16.7. The molecule has 0 unspecified atom stereocenters. The van der Waals surface area contributed by atoms with Crippen molar-refractivity contribution < 1.29 is 0 Å². The minimum atomic E-state index is 0.0337. The van der Waals surface area contributed by atoms with Gasteiger partial charge in [-0.1, -0.05) is 13.0 Å². The number of anilines is 2. The van der Waals surface area contributed by atoms with Gasteiger partial charge in [-0.2, -0.15) is 0 Å². The maximum absolute atomic E-state index is 11.7. The Kier molecular flexibility index (Phi) is 4.86. The third-order valence-corrected chi connectivity index (χ3v) is 5.64. The van der Waals surface area contributed by atoms with Gasteiger partial charge in [0.1, 0.15) is 0 Å². The predicted octanol–water partition coefficient (Wildman–Crippen LogP) is 3.70. The smallest absolute Gasteiger partial charge is 0.250 e. The third kappa shape index (κ3) is 3.70. The molecule has 1 aromatic carbocycles. The Morgan fingerprint density at radius 3 is 2.65 bits per heavy atom. The molecule has 2 heterocycles. The van der Waals surface area contributed by atoms with Crippen LogP contribution in [0.3, 0.4) is 0 Å². The Morgan fingerprint density at radius 2 is 1.92 bits per heavy atom. The first-order chi connectivity index (χ1) is 12.6. The van der Waals surface area contributed by atoms with Gasteiger partial charge in [-0.25, -0.2) is 0 Å². The van der Waals surface area contributed by atoms with E-state index in [0.717, 1.165) is 37.5 Å². The van der Waals surface area contributed by atoms with Gasteiger partial charge in [0.15, 0.2) is 0 Å². The van der Waals surface area contributed by atoms with E-state index in [9.17, 15) is 4.79 Å². The Hall–Kier alpha value is -2.07. The van der Waals surface area contributed by atoms with Crippen molar-refractivity contribution in [2.24, 2.45) is 13.0 Å². The summed E-state index contributed by atoms with van der Waals surface area (Å²) in [6, 6.07) is 10.5. The number of hydrogen-bond acceptors (Lipinski definition) is 3. The number of aromatic nitrogens is 1. The molecule has 26 heavy (non-hydrogen) atoms. The highest BCUT2D eigenvalue weighted by molar-refractivity contribution is 5.64. The number of nitrogens with zero attached hydrogens (tertiary/aromatic N) is 3. The molecular weight excluding hydrogens is 322 g/mol. The van der Waals surface area contributed by atoms with Crippen LogP contribution >= 0.6 is 0 Å². The lowest BCUT2D eigenvalue weighted by atomic mass is 9.98. The first kappa shape index (κ1) is 17.3. The Morgan fingerprint density at radius 1 is 1.12 bits per heavy atom. The summed E-state index contributed by atoms with van der Waals surface area (Å²) in [5.41, 5.74) is 5.32. The maximum Gasteiger partial charge on any atom is 0.250 e. The number of aryl methyl sites for hydroxylation is 1. The van der Waals surface area contributed by atoms with Crippen LogP contribution in [0.25, 0.3) is 0 Å². The molecule has 0 N–H and O–H groups in total. The summed E-state index contributed by atoms with van der Waals surface area (Å²) in [6.45, 7) is 6.69. The molecule has 4 nitrogen and oxygen atoms in total. The quantitative estimate of drug-likeness (QED) is 0.794. The third-order valence-electron chi connectivity index (χ3n) is 5.64. The second kappa shape index (κ2) is 7.28. The van der Waals surface area contributed by atoms with Gasteiger partial charge in [0.2, 0.25) is 5.56 Å². The molecule has 1 aliphatic heterocycles. The van der Waals surface area contributed by atoms with Crippen LogP contribution in [0.1, 0.15) is 37.3 Å². The van der Waals surface area contributed by atoms with E-state index in [1.54, 1.807) is 10.6 Å². The van der Waals surface area contributed by atoms with Crippen LogP contribution in [-0.2, 0) is 20.0 Å². The number of hydrogen-bond donors (Lipinski definition) is 0. The van der Waals surface area contributed by atoms with Crippen LogP contribution in [0, 0.1) is 5.92 Å². The van der Waals surface area contributed by atoms with Crippen molar-refractivity contribution in [3.63, 3.8) is 0 Å². The van der Waals surface area contributed by atoms with Crippen molar-refractivity contribution in [3.05, 3.63) is 58.0 Å². The highest BCUT2D eigenvalue weighted by Crippen LogP contribution is 2.33. The van der Waals surface area contributed by atoms with Crippen LogP contribution in [0.15, 0.2) is 41.3 Å². The van der Waals surface area contributed by atoms with Crippen molar-refractivity contribution in [2.45, 2.75) is 39.2 Å². The van der Waals surface area contributed by atoms with Gasteiger partial charge in [0.25, 0.3) is 0 Å². The van der Waals surface area contributed by atoms with Crippen molar-refractivity contribution in [1.82, 2.24) is 9.47 Å². The number of rotatable bonds is 6. The molecular formula is C22H29N3O. The van der Waals surface area contributed by atoms with Crippen molar-refractivity contribution in [3.8, 4) is 0 Å². The normalized spacial score (nSPS) is 17.2. The molecule has 1 aliphatic carbocycles. The lowest BCUT2D eigenvalue weighted by molar-refractivity contribution is 0.244. The molecule has 0 atom stereocenters. The molecule has 0 amide bonds. The van der Waals surface area contributed by atoms with Crippen LogP contribution < -0.4 is 10.5 Å². The van der Waals surface area contributed by atoms with Gasteiger partial charge >= 0.3 is 0 Å². The number of pyridine rings is 1. The van der Waals surface area contributed by atoms with Crippen LogP contribution in [0.5, 0.6) is 0 Å². The minimum Gasteiger partial charge on any atom is -0.340 e. The van der Waals surface area contributed by atoms with Gasteiger partial charge < -0.3 is 9.47 Å². The van der Waals surface area contributed by atoms with E-state index >= 15 is 0 Å². The fourth-order valence-electron chi connectivity index (χ4n) is 3.96. The largest absolute Gasteiger partial charge is 0.340 e. The van der Waals surface area contributed by atoms with Crippen LogP contribution in [0.2, 0.25) is 0 Å². The fraction of sp³-hybridized carbons (Fsp3) is 0.500. The first-order valence-electron chi connectivity index (χ1n) is 9.92. The Bertz CT molecular complexity index is 838. The lowest BCUT2D eigenvalue weighted by Gasteiger charge is -2.31. The zero-order chi connectivity index (χ0) is 18.1.